The first-order chi connectivity index (χ1) is 11.3. The summed E-state index contributed by atoms with van der Waals surface area (Å²) in [6.45, 7) is 5.47. The molecule has 2 heterocycles. The smallest absolute Gasteiger partial charge is 0.344 e. The zero-order valence-electron chi connectivity index (χ0n) is 14.0. The lowest BCUT2D eigenvalue weighted by molar-refractivity contribution is -0.132. The van der Waals surface area contributed by atoms with E-state index in [2.05, 4.69) is 10.4 Å². The van der Waals surface area contributed by atoms with Crippen LogP contribution in [0.15, 0.2) is 22.8 Å². The van der Waals surface area contributed by atoms with Gasteiger partial charge in [0.05, 0.1) is 18.5 Å². The highest BCUT2D eigenvalue weighted by Crippen LogP contribution is 2.21. The van der Waals surface area contributed by atoms with Gasteiger partial charge in [-0.25, -0.2) is 4.79 Å². The summed E-state index contributed by atoms with van der Waals surface area (Å²) in [5.74, 6) is -0.658. The molecule has 0 saturated heterocycles. The van der Waals surface area contributed by atoms with Crippen LogP contribution in [0.2, 0.25) is 5.15 Å². The minimum Gasteiger partial charge on any atom is -0.467 e. The Morgan fingerprint density at radius 3 is 2.67 bits per heavy atom. The molecular weight excluding hydrogens is 334 g/mol. The van der Waals surface area contributed by atoms with Crippen molar-refractivity contribution in [3.63, 3.8) is 0 Å². The topological polar surface area (TPSA) is 86.4 Å². The molecule has 130 valence electrons. The SMILES string of the molecule is Cc1nn(C)c(Cl)c1C(=O)O[C@@H](C(=O)NCc1ccco1)C(C)C. The molecule has 1 atom stereocenters. The van der Waals surface area contributed by atoms with E-state index in [1.54, 1.807) is 40.0 Å². The lowest BCUT2D eigenvalue weighted by Gasteiger charge is -2.20. The number of esters is 1. The van der Waals surface area contributed by atoms with Gasteiger partial charge < -0.3 is 14.5 Å². The van der Waals surface area contributed by atoms with E-state index < -0.39 is 18.0 Å². The summed E-state index contributed by atoms with van der Waals surface area (Å²) in [7, 11) is 1.63. The number of halogens is 1. The Morgan fingerprint density at radius 2 is 2.17 bits per heavy atom. The number of rotatable bonds is 6. The number of aryl methyl sites for hydroxylation is 2. The number of carbonyl (C=O) groups is 2. The Balaban J connectivity index is 2.07. The van der Waals surface area contributed by atoms with Gasteiger partial charge in [-0.15, -0.1) is 0 Å². The van der Waals surface area contributed by atoms with Crippen molar-refractivity contribution in [2.45, 2.75) is 33.4 Å². The molecule has 0 saturated carbocycles. The Bertz CT molecular complexity index is 722. The zero-order chi connectivity index (χ0) is 17.9. The van der Waals surface area contributed by atoms with Gasteiger partial charge in [0.1, 0.15) is 16.5 Å². The Morgan fingerprint density at radius 1 is 1.46 bits per heavy atom. The molecule has 0 spiro atoms. The van der Waals surface area contributed by atoms with Crippen molar-refractivity contribution in [2.75, 3.05) is 0 Å². The van der Waals surface area contributed by atoms with E-state index in [9.17, 15) is 9.59 Å². The van der Waals surface area contributed by atoms with Crippen molar-refractivity contribution in [3.8, 4) is 0 Å². The number of nitrogens with zero attached hydrogens (tertiary/aromatic N) is 2. The number of furan rings is 1. The number of hydrogen-bond acceptors (Lipinski definition) is 5. The van der Waals surface area contributed by atoms with Crippen LogP contribution in [0.4, 0.5) is 0 Å². The Kier molecular flexibility index (Phi) is 5.66. The van der Waals surface area contributed by atoms with Gasteiger partial charge in [-0.2, -0.15) is 5.10 Å². The van der Waals surface area contributed by atoms with Crippen LogP contribution < -0.4 is 5.32 Å². The van der Waals surface area contributed by atoms with Crippen LogP contribution >= 0.6 is 11.6 Å². The summed E-state index contributed by atoms with van der Waals surface area (Å²) in [6, 6.07) is 3.48. The Labute approximate surface area is 144 Å². The van der Waals surface area contributed by atoms with Crippen molar-refractivity contribution < 1.29 is 18.7 Å². The number of nitrogens with one attached hydrogen (secondary N) is 1. The molecule has 24 heavy (non-hydrogen) atoms. The van der Waals surface area contributed by atoms with E-state index in [4.69, 9.17) is 20.8 Å². The molecule has 0 aliphatic rings. The van der Waals surface area contributed by atoms with Gasteiger partial charge in [0.15, 0.2) is 6.10 Å². The highest BCUT2D eigenvalue weighted by atomic mass is 35.5. The fraction of sp³-hybridized carbons (Fsp3) is 0.438. The second kappa shape index (κ2) is 7.53. The summed E-state index contributed by atoms with van der Waals surface area (Å²) in [6.07, 6.45) is 0.581. The predicted molar refractivity (Wildman–Crippen MR) is 87.6 cm³/mol. The monoisotopic (exact) mass is 353 g/mol. The van der Waals surface area contributed by atoms with Crippen molar-refractivity contribution in [3.05, 3.63) is 40.6 Å². The van der Waals surface area contributed by atoms with Crippen molar-refractivity contribution in [1.82, 2.24) is 15.1 Å². The normalized spacial score (nSPS) is 12.2. The van der Waals surface area contributed by atoms with Gasteiger partial charge in [0, 0.05) is 7.05 Å². The molecular formula is C16H20ClN3O4. The van der Waals surface area contributed by atoms with Crippen LogP contribution in [-0.4, -0.2) is 27.8 Å². The molecule has 0 aliphatic heterocycles. The zero-order valence-corrected chi connectivity index (χ0v) is 14.8. The third-order valence-electron chi connectivity index (χ3n) is 3.47. The second-order valence-electron chi connectivity index (χ2n) is 5.74. The van der Waals surface area contributed by atoms with E-state index in [0.29, 0.717) is 11.5 Å². The third-order valence-corrected chi connectivity index (χ3v) is 3.90. The van der Waals surface area contributed by atoms with E-state index in [1.807, 2.05) is 0 Å². The molecule has 0 fully saturated rings. The van der Waals surface area contributed by atoms with E-state index in [-0.39, 0.29) is 23.2 Å². The van der Waals surface area contributed by atoms with Crippen LogP contribution in [0.5, 0.6) is 0 Å². The number of aromatic nitrogens is 2. The van der Waals surface area contributed by atoms with Crippen LogP contribution in [0, 0.1) is 12.8 Å². The van der Waals surface area contributed by atoms with Gasteiger partial charge in [0.2, 0.25) is 0 Å². The maximum Gasteiger partial charge on any atom is 0.344 e. The fourth-order valence-electron chi connectivity index (χ4n) is 2.22. The highest BCUT2D eigenvalue weighted by Gasteiger charge is 2.29. The van der Waals surface area contributed by atoms with Gasteiger partial charge in [-0.3, -0.25) is 9.48 Å². The van der Waals surface area contributed by atoms with Gasteiger partial charge >= 0.3 is 5.97 Å². The Hall–Kier alpha value is -2.28. The van der Waals surface area contributed by atoms with Crippen LogP contribution in [-0.2, 0) is 23.1 Å². The molecule has 0 aromatic carbocycles. The van der Waals surface area contributed by atoms with Crippen molar-refractivity contribution >= 4 is 23.5 Å². The summed E-state index contributed by atoms with van der Waals surface area (Å²) in [4.78, 5) is 24.7. The largest absolute Gasteiger partial charge is 0.467 e. The lowest BCUT2D eigenvalue weighted by Crippen LogP contribution is -2.40. The molecule has 0 unspecified atom stereocenters. The average molecular weight is 354 g/mol. The third kappa shape index (κ3) is 3.97. The molecule has 2 rings (SSSR count). The average Bonchev–Trinajstić information content (AvgIpc) is 3.11. The first-order valence-corrected chi connectivity index (χ1v) is 7.89. The van der Waals surface area contributed by atoms with E-state index >= 15 is 0 Å². The molecule has 7 nitrogen and oxygen atoms in total. The van der Waals surface area contributed by atoms with Gasteiger partial charge in [0.25, 0.3) is 5.91 Å². The number of amides is 1. The molecule has 2 aromatic rings. The molecule has 1 N–H and O–H groups in total. The van der Waals surface area contributed by atoms with E-state index in [0.717, 1.165) is 0 Å². The predicted octanol–water partition coefficient (Wildman–Crippen LogP) is 2.47. The van der Waals surface area contributed by atoms with Crippen LogP contribution in [0.25, 0.3) is 0 Å². The molecule has 8 heteroatoms. The number of carbonyl (C=O) groups excluding carboxylic acids is 2. The summed E-state index contributed by atoms with van der Waals surface area (Å²) in [5.41, 5.74) is 0.620. The molecule has 0 radical (unpaired) electrons. The first kappa shape index (κ1) is 18.1. The van der Waals surface area contributed by atoms with Crippen LogP contribution in [0.3, 0.4) is 0 Å². The fourth-order valence-corrected chi connectivity index (χ4v) is 2.47. The summed E-state index contributed by atoms with van der Waals surface area (Å²) >= 11 is 6.07. The molecule has 0 aliphatic carbocycles. The number of ether oxygens (including phenoxy) is 1. The van der Waals surface area contributed by atoms with Gasteiger partial charge in [-0.1, -0.05) is 25.4 Å². The highest BCUT2D eigenvalue weighted by molar-refractivity contribution is 6.32. The minimum absolute atomic E-state index is 0.170. The summed E-state index contributed by atoms with van der Waals surface area (Å²) < 4.78 is 11.9. The molecule has 2 aromatic heterocycles. The van der Waals surface area contributed by atoms with Crippen molar-refractivity contribution in [2.24, 2.45) is 13.0 Å². The molecule has 1 amide bonds. The molecule has 0 bridgehead atoms. The summed E-state index contributed by atoms with van der Waals surface area (Å²) in [5, 5.41) is 6.94. The number of hydrogen-bond donors (Lipinski definition) is 1. The maximum atomic E-state index is 12.4. The van der Waals surface area contributed by atoms with Gasteiger partial charge in [-0.05, 0) is 25.0 Å². The standard InChI is InChI=1S/C16H20ClN3O4/c1-9(2)13(15(21)18-8-11-6-5-7-23-11)24-16(22)12-10(3)19-20(4)14(12)17/h5-7,9,13H,8H2,1-4H3,(H,18,21)/t13-/m1/s1. The maximum absolute atomic E-state index is 12.4. The first-order valence-electron chi connectivity index (χ1n) is 7.51. The minimum atomic E-state index is -0.942. The van der Waals surface area contributed by atoms with E-state index in [1.165, 1.54) is 10.9 Å². The quantitative estimate of drug-likeness (QED) is 0.806. The van der Waals surface area contributed by atoms with Crippen LogP contribution in [0.1, 0.15) is 35.7 Å². The second-order valence-corrected chi connectivity index (χ2v) is 6.10. The lowest BCUT2D eigenvalue weighted by atomic mass is 10.1. The van der Waals surface area contributed by atoms with Crippen molar-refractivity contribution in [1.29, 1.82) is 0 Å².